The monoisotopic (exact) mass is 272 g/mol. The van der Waals surface area contributed by atoms with E-state index < -0.39 is 0 Å². The zero-order chi connectivity index (χ0) is 12.3. The number of nitrogens with one attached hydrogen (secondary N) is 2. The second-order valence-corrected chi connectivity index (χ2v) is 4.98. The second-order valence-electron chi connectivity index (χ2n) is 4.14. The Bertz CT molecular complexity index is 417. The third kappa shape index (κ3) is 3.35. The maximum absolute atomic E-state index is 12.0. The van der Waals surface area contributed by atoms with Crippen LogP contribution >= 0.6 is 23.2 Å². The molecular formula is C12H14Cl2N2O. The van der Waals surface area contributed by atoms with Crippen molar-refractivity contribution in [2.45, 2.75) is 18.9 Å². The fraction of sp³-hybridized carbons (Fsp3) is 0.417. The van der Waals surface area contributed by atoms with Crippen LogP contribution < -0.4 is 10.6 Å². The van der Waals surface area contributed by atoms with Gasteiger partial charge in [-0.25, -0.2) is 0 Å². The van der Waals surface area contributed by atoms with Gasteiger partial charge in [-0.2, -0.15) is 0 Å². The second kappa shape index (κ2) is 5.71. The summed E-state index contributed by atoms with van der Waals surface area (Å²) in [4.78, 5) is 12.0. The normalized spacial score (nSPS) is 20.0. The Kier molecular flexibility index (Phi) is 4.26. The Morgan fingerprint density at radius 2 is 2.24 bits per heavy atom. The Labute approximate surface area is 110 Å². The molecule has 0 aromatic heterocycles. The first kappa shape index (κ1) is 12.7. The van der Waals surface area contributed by atoms with Crippen molar-refractivity contribution in [3.05, 3.63) is 33.8 Å². The molecule has 1 fully saturated rings. The smallest absolute Gasteiger partial charge is 0.253 e. The van der Waals surface area contributed by atoms with E-state index in [2.05, 4.69) is 10.6 Å². The van der Waals surface area contributed by atoms with E-state index in [4.69, 9.17) is 23.2 Å². The predicted octanol–water partition coefficient (Wildman–Crippen LogP) is 2.48. The summed E-state index contributed by atoms with van der Waals surface area (Å²) in [5.41, 5.74) is 0.474. The van der Waals surface area contributed by atoms with Crippen molar-refractivity contribution in [1.82, 2.24) is 10.6 Å². The average Bonchev–Trinajstić information content (AvgIpc) is 2.30. The molecule has 0 radical (unpaired) electrons. The van der Waals surface area contributed by atoms with E-state index in [0.29, 0.717) is 15.6 Å². The van der Waals surface area contributed by atoms with Gasteiger partial charge in [0.2, 0.25) is 0 Å². The van der Waals surface area contributed by atoms with Gasteiger partial charge in [0.15, 0.2) is 0 Å². The lowest BCUT2D eigenvalue weighted by Crippen LogP contribution is -2.45. The zero-order valence-corrected chi connectivity index (χ0v) is 10.8. The van der Waals surface area contributed by atoms with Crippen molar-refractivity contribution in [2.24, 2.45) is 0 Å². The summed E-state index contributed by atoms with van der Waals surface area (Å²) in [5, 5.41) is 7.13. The number of rotatable bonds is 2. The molecule has 1 aliphatic heterocycles. The number of piperidine rings is 1. The first-order chi connectivity index (χ1) is 8.16. The lowest BCUT2D eigenvalue weighted by Gasteiger charge is -2.23. The highest BCUT2D eigenvalue weighted by molar-refractivity contribution is 6.36. The number of benzene rings is 1. The van der Waals surface area contributed by atoms with E-state index in [1.165, 1.54) is 0 Å². The van der Waals surface area contributed by atoms with Crippen LogP contribution in [0.3, 0.4) is 0 Å². The van der Waals surface area contributed by atoms with Gasteiger partial charge >= 0.3 is 0 Å². The Morgan fingerprint density at radius 1 is 1.41 bits per heavy atom. The highest BCUT2D eigenvalue weighted by atomic mass is 35.5. The summed E-state index contributed by atoms with van der Waals surface area (Å²) < 4.78 is 0. The first-order valence-electron chi connectivity index (χ1n) is 5.63. The predicted molar refractivity (Wildman–Crippen MR) is 69.8 cm³/mol. The van der Waals surface area contributed by atoms with E-state index in [1.54, 1.807) is 18.2 Å². The van der Waals surface area contributed by atoms with Gasteiger partial charge in [0.05, 0.1) is 10.6 Å². The Balaban J connectivity index is 2.03. The fourth-order valence-corrected chi connectivity index (χ4v) is 2.41. The Hall–Kier alpha value is -0.770. The third-order valence-corrected chi connectivity index (χ3v) is 3.36. The van der Waals surface area contributed by atoms with Gasteiger partial charge in [0, 0.05) is 17.6 Å². The number of hydrogen-bond donors (Lipinski definition) is 2. The lowest BCUT2D eigenvalue weighted by atomic mass is 10.1. The number of halogens is 2. The van der Waals surface area contributed by atoms with Crippen molar-refractivity contribution in [1.29, 1.82) is 0 Å². The first-order valence-corrected chi connectivity index (χ1v) is 6.39. The van der Waals surface area contributed by atoms with Crippen molar-refractivity contribution in [3.63, 3.8) is 0 Å². The van der Waals surface area contributed by atoms with E-state index in [0.717, 1.165) is 25.9 Å². The molecular weight excluding hydrogens is 259 g/mol. The minimum Gasteiger partial charge on any atom is -0.348 e. The SMILES string of the molecule is O=C(N[C@H]1CCCNC1)c1ccc(Cl)cc1Cl. The van der Waals surface area contributed by atoms with Crippen molar-refractivity contribution >= 4 is 29.1 Å². The van der Waals surface area contributed by atoms with E-state index in [-0.39, 0.29) is 11.9 Å². The lowest BCUT2D eigenvalue weighted by molar-refractivity contribution is 0.0931. The maximum Gasteiger partial charge on any atom is 0.253 e. The summed E-state index contributed by atoms with van der Waals surface area (Å²) in [6, 6.07) is 5.08. The third-order valence-electron chi connectivity index (χ3n) is 2.81. The highest BCUT2D eigenvalue weighted by Crippen LogP contribution is 2.21. The number of hydrogen-bond acceptors (Lipinski definition) is 2. The van der Waals surface area contributed by atoms with Gasteiger partial charge in [-0.05, 0) is 37.6 Å². The molecule has 2 N–H and O–H groups in total. The van der Waals surface area contributed by atoms with E-state index in [1.807, 2.05) is 0 Å². The molecule has 0 bridgehead atoms. The molecule has 5 heteroatoms. The van der Waals surface area contributed by atoms with Crippen LogP contribution in [0, 0.1) is 0 Å². The van der Waals surface area contributed by atoms with Gasteiger partial charge in [-0.1, -0.05) is 23.2 Å². The number of carbonyl (C=O) groups is 1. The standard InChI is InChI=1S/C12H14Cl2N2O/c13-8-3-4-10(11(14)6-8)12(17)16-9-2-1-5-15-7-9/h3-4,6,9,15H,1-2,5,7H2,(H,16,17)/t9-/m0/s1. The topological polar surface area (TPSA) is 41.1 Å². The van der Waals surface area contributed by atoms with Crippen LogP contribution in [0.4, 0.5) is 0 Å². The van der Waals surface area contributed by atoms with Gasteiger partial charge < -0.3 is 10.6 Å². The molecule has 1 saturated heterocycles. The molecule has 1 heterocycles. The molecule has 1 atom stereocenters. The molecule has 17 heavy (non-hydrogen) atoms. The van der Waals surface area contributed by atoms with Crippen molar-refractivity contribution in [2.75, 3.05) is 13.1 Å². The van der Waals surface area contributed by atoms with Gasteiger partial charge in [0.25, 0.3) is 5.91 Å². The average molecular weight is 273 g/mol. The molecule has 92 valence electrons. The van der Waals surface area contributed by atoms with Crippen LogP contribution in [0.2, 0.25) is 10.0 Å². The molecule has 1 aromatic carbocycles. The molecule has 0 spiro atoms. The summed E-state index contributed by atoms with van der Waals surface area (Å²) >= 11 is 11.8. The molecule has 3 nitrogen and oxygen atoms in total. The van der Waals surface area contributed by atoms with Gasteiger partial charge in [-0.3, -0.25) is 4.79 Å². The minimum absolute atomic E-state index is 0.139. The van der Waals surface area contributed by atoms with Gasteiger partial charge in [0.1, 0.15) is 0 Å². The van der Waals surface area contributed by atoms with Crippen LogP contribution in [-0.2, 0) is 0 Å². The summed E-state index contributed by atoms with van der Waals surface area (Å²) in [5.74, 6) is -0.139. The minimum atomic E-state index is -0.139. The number of carbonyl (C=O) groups excluding carboxylic acids is 1. The fourth-order valence-electron chi connectivity index (χ4n) is 1.91. The number of amides is 1. The molecule has 1 amide bonds. The Morgan fingerprint density at radius 3 is 2.88 bits per heavy atom. The van der Waals surface area contributed by atoms with E-state index >= 15 is 0 Å². The van der Waals surface area contributed by atoms with E-state index in [9.17, 15) is 4.79 Å². The molecule has 2 rings (SSSR count). The summed E-state index contributed by atoms with van der Waals surface area (Å²) in [6.45, 7) is 1.84. The summed E-state index contributed by atoms with van der Waals surface area (Å²) in [6.07, 6.45) is 2.09. The van der Waals surface area contributed by atoms with Crippen LogP contribution in [-0.4, -0.2) is 25.0 Å². The largest absolute Gasteiger partial charge is 0.348 e. The highest BCUT2D eigenvalue weighted by Gasteiger charge is 2.17. The van der Waals surface area contributed by atoms with Gasteiger partial charge in [-0.15, -0.1) is 0 Å². The molecule has 0 aliphatic carbocycles. The van der Waals surface area contributed by atoms with Crippen LogP contribution in [0.25, 0.3) is 0 Å². The quantitative estimate of drug-likeness (QED) is 0.869. The van der Waals surface area contributed by atoms with Crippen LogP contribution in [0.1, 0.15) is 23.2 Å². The van der Waals surface area contributed by atoms with Crippen molar-refractivity contribution in [3.8, 4) is 0 Å². The van der Waals surface area contributed by atoms with Crippen LogP contribution in [0.5, 0.6) is 0 Å². The summed E-state index contributed by atoms with van der Waals surface area (Å²) in [7, 11) is 0. The molecule has 0 unspecified atom stereocenters. The molecule has 1 aromatic rings. The van der Waals surface area contributed by atoms with Crippen molar-refractivity contribution < 1.29 is 4.79 Å². The molecule has 0 saturated carbocycles. The molecule has 1 aliphatic rings. The maximum atomic E-state index is 12.0. The van der Waals surface area contributed by atoms with Crippen LogP contribution in [0.15, 0.2) is 18.2 Å². The zero-order valence-electron chi connectivity index (χ0n) is 9.30.